The molecule has 0 bridgehead atoms. The third-order valence-electron chi connectivity index (χ3n) is 3.41. The van der Waals surface area contributed by atoms with Gasteiger partial charge in [0.1, 0.15) is 5.82 Å². The molecule has 2 rings (SSSR count). The Morgan fingerprint density at radius 2 is 2.11 bits per heavy atom. The van der Waals surface area contributed by atoms with Crippen LogP contribution in [0.4, 0.5) is 4.39 Å². The molecule has 2 N–H and O–H groups in total. The van der Waals surface area contributed by atoms with Gasteiger partial charge in [0.2, 0.25) is 0 Å². The number of nitrogens with one attached hydrogen (secondary N) is 1. The summed E-state index contributed by atoms with van der Waals surface area (Å²) in [6, 6.07) is 4.48. The molecular formula is C13H15BrFNO2. The molecule has 1 saturated heterocycles. The Morgan fingerprint density at radius 3 is 2.72 bits per heavy atom. The van der Waals surface area contributed by atoms with Crippen LogP contribution in [0.2, 0.25) is 0 Å². The third-order valence-corrected chi connectivity index (χ3v) is 3.91. The summed E-state index contributed by atoms with van der Waals surface area (Å²) in [6.45, 7) is 1.59. The lowest BCUT2D eigenvalue weighted by Crippen LogP contribution is -2.33. The smallest absolute Gasteiger partial charge is 0.311 e. The molecule has 1 aliphatic rings. The van der Waals surface area contributed by atoms with Crippen molar-refractivity contribution < 1.29 is 14.3 Å². The quantitative estimate of drug-likeness (QED) is 0.901. The Balaban J connectivity index is 2.34. The zero-order chi connectivity index (χ0) is 13.1. The van der Waals surface area contributed by atoms with Gasteiger partial charge in [-0.2, -0.15) is 0 Å². The Morgan fingerprint density at radius 1 is 1.44 bits per heavy atom. The lowest BCUT2D eigenvalue weighted by Gasteiger charge is -2.28. The first-order valence-electron chi connectivity index (χ1n) is 5.98. The Hall–Kier alpha value is -0.940. The van der Waals surface area contributed by atoms with E-state index in [1.807, 2.05) is 0 Å². The summed E-state index contributed by atoms with van der Waals surface area (Å²) in [5.41, 5.74) is 0.281. The van der Waals surface area contributed by atoms with Crippen molar-refractivity contribution in [2.45, 2.75) is 18.8 Å². The molecule has 1 atom stereocenters. The van der Waals surface area contributed by atoms with Crippen molar-refractivity contribution in [3.63, 3.8) is 0 Å². The molecule has 1 aliphatic heterocycles. The summed E-state index contributed by atoms with van der Waals surface area (Å²) in [5.74, 6) is -2.15. The van der Waals surface area contributed by atoms with Gasteiger partial charge in [-0.05, 0) is 50.0 Å². The summed E-state index contributed by atoms with van der Waals surface area (Å²) >= 11 is 3.27. The first-order valence-corrected chi connectivity index (χ1v) is 6.77. The average Bonchev–Trinajstić information content (AvgIpc) is 2.35. The number of carbonyl (C=O) groups is 1. The summed E-state index contributed by atoms with van der Waals surface area (Å²) < 4.78 is 14.5. The second-order valence-corrected chi connectivity index (χ2v) is 5.48. The van der Waals surface area contributed by atoms with Gasteiger partial charge in [0.15, 0.2) is 0 Å². The minimum atomic E-state index is -0.945. The van der Waals surface area contributed by atoms with Gasteiger partial charge in [-0.3, -0.25) is 4.79 Å². The number of hydrogen-bond donors (Lipinski definition) is 2. The van der Waals surface area contributed by atoms with Crippen LogP contribution in [0.5, 0.6) is 0 Å². The topological polar surface area (TPSA) is 49.3 Å². The zero-order valence-corrected chi connectivity index (χ0v) is 11.4. The number of carboxylic acid groups (broad SMARTS) is 1. The standard InChI is InChI=1S/C13H15BrFNO2/c14-9-1-2-11(15)10(7-9)12(13(17)18)8-3-5-16-6-4-8/h1-2,7-8,12,16H,3-6H2,(H,17,18). The van der Waals surface area contributed by atoms with Crippen LogP contribution in [0.15, 0.2) is 22.7 Å². The minimum Gasteiger partial charge on any atom is -0.481 e. The average molecular weight is 316 g/mol. The number of carboxylic acids is 1. The lowest BCUT2D eigenvalue weighted by atomic mass is 9.80. The van der Waals surface area contributed by atoms with Crippen molar-refractivity contribution in [3.05, 3.63) is 34.1 Å². The summed E-state index contributed by atoms with van der Waals surface area (Å²) in [7, 11) is 0. The number of rotatable bonds is 3. The van der Waals surface area contributed by atoms with Crippen LogP contribution < -0.4 is 5.32 Å². The van der Waals surface area contributed by atoms with E-state index in [2.05, 4.69) is 21.2 Å². The van der Waals surface area contributed by atoms with E-state index in [-0.39, 0.29) is 11.5 Å². The summed E-state index contributed by atoms with van der Waals surface area (Å²) in [4.78, 5) is 11.5. The third kappa shape index (κ3) is 2.90. The largest absolute Gasteiger partial charge is 0.481 e. The lowest BCUT2D eigenvalue weighted by molar-refractivity contribution is -0.140. The van der Waals surface area contributed by atoms with Crippen molar-refractivity contribution in [1.29, 1.82) is 0 Å². The van der Waals surface area contributed by atoms with Crippen LogP contribution >= 0.6 is 15.9 Å². The van der Waals surface area contributed by atoms with Crippen LogP contribution in [0.1, 0.15) is 24.3 Å². The molecule has 0 spiro atoms. The van der Waals surface area contributed by atoms with Crippen molar-refractivity contribution in [2.24, 2.45) is 5.92 Å². The Kier molecular flexibility index (Phi) is 4.35. The van der Waals surface area contributed by atoms with Gasteiger partial charge in [-0.25, -0.2) is 4.39 Å². The molecule has 18 heavy (non-hydrogen) atoms. The highest BCUT2D eigenvalue weighted by Gasteiger charge is 2.32. The van der Waals surface area contributed by atoms with Crippen LogP contribution in [0.3, 0.4) is 0 Å². The number of aliphatic carboxylic acids is 1. The van der Waals surface area contributed by atoms with E-state index < -0.39 is 17.7 Å². The van der Waals surface area contributed by atoms with E-state index >= 15 is 0 Å². The Bertz CT molecular complexity index is 447. The molecule has 0 aliphatic carbocycles. The van der Waals surface area contributed by atoms with Crippen molar-refractivity contribution in [3.8, 4) is 0 Å². The highest BCUT2D eigenvalue weighted by molar-refractivity contribution is 9.10. The molecule has 0 radical (unpaired) electrons. The highest BCUT2D eigenvalue weighted by atomic mass is 79.9. The fourth-order valence-electron chi connectivity index (χ4n) is 2.52. The summed E-state index contributed by atoms with van der Waals surface area (Å²) in [5, 5.41) is 12.6. The molecule has 1 aromatic rings. The molecule has 3 nitrogen and oxygen atoms in total. The molecule has 0 saturated carbocycles. The highest BCUT2D eigenvalue weighted by Crippen LogP contribution is 2.34. The van der Waals surface area contributed by atoms with Gasteiger partial charge >= 0.3 is 5.97 Å². The predicted molar refractivity (Wildman–Crippen MR) is 70.1 cm³/mol. The molecule has 1 aromatic carbocycles. The van der Waals surface area contributed by atoms with Crippen molar-refractivity contribution in [2.75, 3.05) is 13.1 Å². The van der Waals surface area contributed by atoms with Crippen molar-refractivity contribution >= 4 is 21.9 Å². The molecule has 5 heteroatoms. The normalized spacial score (nSPS) is 18.6. The first-order chi connectivity index (χ1) is 8.59. The molecule has 98 valence electrons. The van der Waals surface area contributed by atoms with Crippen LogP contribution in [-0.2, 0) is 4.79 Å². The second-order valence-electron chi connectivity index (χ2n) is 4.57. The van der Waals surface area contributed by atoms with E-state index in [1.165, 1.54) is 6.07 Å². The number of piperidine rings is 1. The monoisotopic (exact) mass is 315 g/mol. The molecule has 0 amide bonds. The fraction of sp³-hybridized carbons (Fsp3) is 0.462. The maximum absolute atomic E-state index is 13.8. The zero-order valence-electron chi connectivity index (χ0n) is 9.83. The van der Waals surface area contributed by atoms with Gasteiger partial charge in [-0.15, -0.1) is 0 Å². The van der Waals surface area contributed by atoms with Gasteiger partial charge in [0.05, 0.1) is 5.92 Å². The van der Waals surface area contributed by atoms with Gasteiger partial charge in [0, 0.05) is 10.0 Å². The molecule has 0 aromatic heterocycles. The van der Waals surface area contributed by atoms with E-state index in [9.17, 15) is 14.3 Å². The van der Waals surface area contributed by atoms with Crippen molar-refractivity contribution in [1.82, 2.24) is 5.32 Å². The van der Waals surface area contributed by atoms with E-state index in [0.29, 0.717) is 4.47 Å². The van der Waals surface area contributed by atoms with Crippen LogP contribution in [0.25, 0.3) is 0 Å². The van der Waals surface area contributed by atoms with E-state index in [4.69, 9.17) is 0 Å². The van der Waals surface area contributed by atoms with Gasteiger partial charge in [0.25, 0.3) is 0 Å². The van der Waals surface area contributed by atoms with E-state index in [1.54, 1.807) is 12.1 Å². The Labute approximate surface area is 114 Å². The van der Waals surface area contributed by atoms with Gasteiger partial charge in [-0.1, -0.05) is 15.9 Å². The molecule has 1 unspecified atom stereocenters. The van der Waals surface area contributed by atoms with E-state index in [0.717, 1.165) is 25.9 Å². The summed E-state index contributed by atoms with van der Waals surface area (Å²) in [6.07, 6.45) is 1.53. The maximum Gasteiger partial charge on any atom is 0.311 e. The van der Waals surface area contributed by atoms with Gasteiger partial charge < -0.3 is 10.4 Å². The predicted octanol–water partition coefficient (Wildman–Crippen LogP) is 2.76. The molecule has 1 heterocycles. The SMILES string of the molecule is O=C(O)C(c1cc(Br)ccc1F)C1CCNCC1. The second kappa shape index (κ2) is 5.80. The minimum absolute atomic E-state index is 0.00690. The number of hydrogen-bond acceptors (Lipinski definition) is 2. The van der Waals surface area contributed by atoms with Crippen LogP contribution in [-0.4, -0.2) is 24.2 Å². The molecule has 1 fully saturated rings. The molecular weight excluding hydrogens is 301 g/mol. The fourth-order valence-corrected chi connectivity index (χ4v) is 2.90. The maximum atomic E-state index is 13.8. The number of halogens is 2. The van der Waals surface area contributed by atoms with Crippen LogP contribution in [0, 0.1) is 11.7 Å². The first kappa shape index (κ1) is 13.5. The number of benzene rings is 1.